The number of rotatable bonds is 3. The first-order chi connectivity index (χ1) is 10.0. The summed E-state index contributed by atoms with van der Waals surface area (Å²) in [5, 5.41) is 5.94. The minimum absolute atomic E-state index is 0.213. The molecule has 1 unspecified atom stereocenters. The molecule has 21 heavy (non-hydrogen) atoms. The van der Waals surface area contributed by atoms with Crippen molar-refractivity contribution in [3.8, 4) is 0 Å². The van der Waals surface area contributed by atoms with E-state index in [0.29, 0.717) is 19.5 Å². The van der Waals surface area contributed by atoms with Crippen molar-refractivity contribution >= 4 is 21.6 Å². The van der Waals surface area contributed by atoms with Crippen molar-refractivity contribution in [2.24, 2.45) is 0 Å². The lowest BCUT2D eigenvalue weighted by molar-refractivity contribution is -0.126. The van der Waals surface area contributed by atoms with Crippen LogP contribution in [0.15, 0.2) is 23.1 Å². The Morgan fingerprint density at radius 2 is 2.10 bits per heavy atom. The summed E-state index contributed by atoms with van der Waals surface area (Å²) in [7, 11) is -3.63. The van der Waals surface area contributed by atoms with E-state index in [9.17, 15) is 13.2 Å². The first-order valence-corrected chi connectivity index (χ1v) is 8.64. The number of carbonyl (C=O) groups is 1. The van der Waals surface area contributed by atoms with Gasteiger partial charge in [0, 0.05) is 25.3 Å². The molecule has 0 bridgehead atoms. The number of fused-ring (bicyclic) bond motifs is 1. The molecule has 1 amide bonds. The van der Waals surface area contributed by atoms with E-state index in [1.54, 1.807) is 18.2 Å². The SMILES string of the molecule is CCC1C(=O)NCCN1S(=O)(=O)c1ccc2c(c1)CCN2. The smallest absolute Gasteiger partial charge is 0.243 e. The summed E-state index contributed by atoms with van der Waals surface area (Å²) in [6.45, 7) is 3.34. The highest BCUT2D eigenvalue weighted by atomic mass is 32.2. The van der Waals surface area contributed by atoms with Gasteiger partial charge in [0.2, 0.25) is 15.9 Å². The number of hydrogen-bond donors (Lipinski definition) is 2. The van der Waals surface area contributed by atoms with E-state index < -0.39 is 16.1 Å². The topological polar surface area (TPSA) is 78.5 Å². The predicted molar refractivity (Wildman–Crippen MR) is 79.6 cm³/mol. The van der Waals surface area contributed by atoms with Crippen molar-refractivity contribution in [1.82, 2.24) is 9.62 Å². The van der Waals surface area contributed by atoms with Gasteiger partial charge < -0.3 is 10.6 Å². The molecule has 0 spiro atoms. The Morgan fingerprint density at radius 3 is 2.86 bits per heavy atom. The van der Waals surface area contributed by atoms with Crippen LogP contribution in [0.4, 0.5) is 5.69 Å². The molecular weight excluding hydrogens is 290 g/mol. The van der Waals surface area contributed by atoms with Crippen molar-refractivity contribution in [1.29, 1.82) is 0 Å². The van der Waals surface area contributed by atoms with Crippen molar-refractivity contribution < 1.29 is 13.2 Å². The number of carbonyl (C=O) groups excluding carboxylic acids is 1. The van der Waals surface area contributed by atoms with E-state index in [1.807, 2.05) is 6.92 Å². The molecule has 2 N–H and O–H groups in total. The van der Waals surface area contributed by atoms with E-state index in [0.717, 1.165) is 24.2 Å². The van der Waals surface area contributed by atoms with Crippen LogP contribution in [0.25, 0.3) is 0 Å². The summed E-state index contributed by atoms with van der Waals surface area (Å²) in [6, 6.07) is 4.53. The molecule has 2 heterocycles. The van der Waals surface area contributed by atoms with E-state index in [-0.39, 0.29) is 10.8 Å². The predicted octanol–water partition coefficient (Wildman–Crippen LogP) is 0.554. The fourth-order valence-electron chi connectivity index (χ4n) is 2.95. The van der Waals surface area contributed by atoms with E-state index in [4.69, 9.17) is 0 Å². The summed E-state index contributed by atoms with van der Waals surface area (Å²) < 4.78 is 27.0. The van der Waals surface area contributed by atoms with E-state index in [1.165, 1.54) is 4.31 Å². The Morgan fingerprint density at radius 1 is 1.29 bits per heavy atom. The van der Waals surface area contributed by atoms with Gasteiger partial charge in [-0.05, 0) is 36.6 Å². The molecule has 0 radical (unpaired) electrons. The molecule has 1 atom stereocenters. The molecule has 6 nitrogen and oxygen atoms in total. The van der Waals surface area contributed by atoms with Gasteiger partial charge in [-0.2, -0.15) is 4.31 Å². The average Bonchev–Trinajstić information content (AvgIpc) is 2.94. The molecule has 1 fully saturated rings. The fourth-order valence-corrected chi connectivity index (χ4v) is 4.66. The molecule has 7 heteroatoms. The molecule has 2 aliphatic heterocycles. The number of nitrogens with zero attached hydrogens (tertiary/aromatic N) is 1. The Balaban J connectivity index is 1.97. The van der Waals surface area contributed by atoms with Crippen LogP contribution in [0, 0.1) is 0 Å². The minimum atomic E-state index is -3.63. The van der Waals surface area contributed by atoms with Crippen molar-refractivity contribution in [3.63, 3.8) is 0 Å². The molecule has 0 aromatic heterocycles. The van der Waals surface area contributed by atoms with Gasteiger partial charge in [-0.25, -0.2) is 8.42 Å². The lowest BCUT2D eigenvalue weighted by Crippen LogP contribution is -2.56. The molecule has 3 rings (SSSR count). The molecule has 1 saturated heterocycles. The first kappa shape index (κ1) is 14.3. The molecule has 2 aliphatic rings. The summed E-state index contributed by atoms with van der Waals surface area (Å²) in [6.07, 6.45) is 1.30. The van der Waals surface area contributed by atoms with Gasteiger partial charge in [-0.1, -0.05) is 6.92 Å². The maximum Gasteiger partial charge on any atom is 0.243 e. The second kappa shape index (κ2) is 5.31. The highest BCUT2D eigenvalue weighted by Gasteiger charge is 2.37. The maximum atomic E-state index is 12.8. The molecule has 1 aromatic carbocycles. The number of benzene rings is 1. The third-order valence-electron chi connectivity index (χ3n) is 4.06. The van der Waals surface area contributed by atoms with Crippen molar-refractivity contribution in [3.05, 3.63) is 23.8 Å². The van der Waals surface area contributed by atoms with Gasteiger partial charge in [0.05, 0.1) is 4.90 Å². The van der Waals surface area contributed by atoms with Crippen LogP contribution in [0.3, 0.4) is 0 Å². The Hall–Kier alpha value is -1.60. The molecular formula is C14H19N3O3S. The molecule has 0 aliphatic carbocycles. The molecule has 114 valence electrons. The number of hydrogen-bond acceptors (Lipinski definition) is 4. The Kier molecular flexibility index (Phi) is 3.62. The molecule has 1 aromatic rings. The van der Waals surface area contributed by atoms with Gasteiger partial charge in [0.15, 0.2) is 0 Å². The van der Waals surface area contributed by atoms with Gasteiger partial charge in [0.25, 0.3) is 0 Å². The van der Waals surface area contributed by atoms with Crippen LogP contribution >= 0.6 is 0 Å². The summed E-state index contributed by atoms with van der Waals surface area (Å²) >= 11 is 0. The average molecular weight is 309 g/mol. The highest BCUT2D eigenvalue weighted by molar-refractivity contribution is 7.89. The van der Waals surface area contributed by atoms with Crippen molar-refractivity contribution in [2.75, 3.05) is 25.0 Å². The van der Waals surface area contributed by atoms with Gasteiger partial charge >= 0.3 is 0 Å². The summed E-state index contributed by atoms with van der Waals surface area (Å²) in [5.41, 5.74) is 2.02. The third-order valence-corrected chi connectivity index (χ3v) is 5.97. The summed E-state index contributed by atoms with van der Waals surface area (Å²) in [4.78, 5) is 12.1. The normalized spacial score (nSPS) is 22.5. The van der Waals surface area contributed by atoms with Crippen LogP contribution in [-0.4, -0.2) is 44.3 Å². The van der Waals surface area contributed by atoms with Crippen LogP contribution in [0.2, 0.25) is 0 Å². The minimum Gasteiger partial charge on any atom is -0.384 e. The second-order valence-corrected chi connectivity index (χ2v) is 7.22. The third kappa shape index (κ3) is 2.40. The maximum absolute atomic E-state index is 12.8. The van der Waals surface area contributed by atoms with Gasteiger partial charge in [-0.3, -0.25) is 4.79 Å². The zero-order valence-electron chi connectivity index (χ0n) is 11.9. The van der Waals surface area contributed by atoms with Gasteiger partial charge in [0.1, 0.15) is 6.04 Å². The first-order valence-electron chi connectivity index (χ1n) is 7.20. The van der Waals surface area contributed by atoms with Crippen LogP contribution in [0.1, 0.15) is 18.9 Å². The van der Waals surface area contributed by atoms with Gasteiger partial charge in [-0.15, -0.1) is 0 Å². The molecule has 0 saturated carbocycles. The second-order valence-electron chi connectivity index (χ2n) is 5.33. The largest absolute Gasteiger partial charge is 0.384 e. The zero-order valence-corrected chi connectivity index (χ0v) is 12.7. The number of anilines is 1. The number of amides is 1. The Bertz CT molecular complexity index is 672. The van der Waals surface area contributed by atoms with Crippen LogP contribution in [0.5, 0.6) is 0 Å². The van der Waals surface area contributed by atoms with Crippen LogP contribution in [-0.2, 0) is 21.2 Å². The Labute approximate surface area is 124 Å². The number of nitrogens with one attached hydrogen (secondary N) is 2. The van der Waals surface area contributed by atoms with E-state index >= 15 is 0 Å². The van der Waals surface area contributed by atoms with Crippen LogP contribution < -0.4 is 10.6 Å². The lowest BCUT2D eigenvalue weighted by Gasteiger charge is -2.33. The highest BCUT2D eigenvalue weighted by Crippen LogP contribution is 2.28. The standard InChI is InChI=1S/C14H19N3O3S/c1-2-13-14(18)16-7-8-17(13)21(19,20)11-3-4-12-10(9-11)5-6-15-12/h3-4,9,13,15H,2,5-8H2,1H3,(H,16,18). The van der Waals surface area contributed by atoms with E-state index in [2.05, 4.69) is 10.6 Å². The number of piperazine rings is 1. The fraction of sp³-hybridized carbons (Fsp3) is 0.500. The summed E-state index contributed by atoms with van der Waals surface area (Å²) in [5.74, 6) is -0.213. The lowest BCUT2D eigenvalue weighted by atomic mass is 10.2. The monoisotopic (exact) mass is 309 g/mol. The zero-order chi connectivity index (χ0) is 15.0. The quantitative estimate of drug-likeness (QED) is 0.855. The number of sulfonamides is 1. The van der Waals surface area contributed by atoms with Crippen molar-refractivity contribution in [2.45, 2.75) is 30.7 Å².